The number of benzene rings is 2. The van der Waals surface area contributed by atoms with Gasteiger partial charge in [-0.15, -0.1) is 0 Å². The van der Waals surface area contributed by atoms with Crippen molar-refractivity contribution in [2.75, 3.05) is 52.5 Å². The maximum Gasteiger partial charge on any atom is 0.416 e. The summed E-state index contributed by atoms with van der Waals surface area (Å²) in [6.07, 6.45) is -4.17. The molecular weight excluding hydrogens is 599 g/mol. The van der Waals surface area contributed by atoms with Crippen LogP contribution in [0.1, 0.15) is 58.1 Å². The van der Waals surface area contributed by atoms with Crippen LogP contribution in [0.4, 0.5) is 36.4 Å². The molecule has 13 heteroatoms. The Morgan fingerprint density at radius 2 is 1.47 bits per heavy atom. The van der Waals surface area contributed by atoms with E-state index in [2.05, 4.69) is 9.80 Å². The van der Waals surface area contributed by atoms with Crippen molar-refractivity contribution < 1.29 is 39.7 Å². The van der Waals surface area contributed by atoms with Crippen LogP contribution < -0.4 is 9.64 Å². The second-order valence-electron chi connectivity index (χ2n) is 8.78. The third-order valence-corrected chi connectivity index (χ3v) is 7.93. The first-order valence-corrected chi connectivity index (χ1v) is 15.1. The Balaban J connectivity index is 0.00000107. The molecule has 0 bridgehead atoms. The predicted octanol–water partition coefficient (Wildman–Crippen LogP) is 8.69. The molecule has 0 N–H and O–H groups in total. The predicted molar refractivity (Wildman–Crippen MR) is 160 cm³/mol. The fourth-order valence-corrected chi connectivity index (χ4v) is 5.78. The average molecular weight is 642 g/mol. The van der Waals surface area contributed by atoms with Gasteiger partial charge in [0.05, 0.1) is 43.1 Å². The summed E-state index contributed by atoms with van der Waals surface area (Å²) in [5, 5.41) is -0.0636. The van der Waals surface area contributed by atoms with Gasteiger partial charge in [-0.3, -0.25) is 17.7 Å². The zero-order valence-corrected chi connectivity index (χ0v) is 26.5. The molecular formula is C30H42F7N3O2S. The van der Waals surface area contributed by atoms with E-state index in [1.54, 1.807) is 18.2 Å². The Bertz CT molecular complexity index is 1270. The van der Waals surface area contributed by atoms with Gasteiger partial charge in [-0.05, 0) is 43.2 Å². The van der Waals surface area contributed by atoms with E-state index in [0.717, 1.165) is 60.2 Å². The molecule has 2 aromatic carbocycles. The molecule has 1 saturated heterocycles. The van der Waals surface area contributed by atoms with Gasteiger partial charge >= 0.3 is 6.18 Å². The second kappa shape index (κ2) is 18.1. The summed E-state index contributed by atoms with van der Waals surface area (Å²) in [6.45, 7) is 11.3. The lowest BCUT2D eigenvalue weighted by Crippen LogP contribution is -2.47. The van der Waals surface area contributed by atoms with Crippen LogP contribution in [0.15, 0.2) is 47.5 Å². The van der Waals surface area contributed by atoms with Crippen LogP contribution in [0.3, 0.4) is 0 Å². The highest BCUT2D eigenvalue weighted by atomic mass is 32.2. The van der Waals surface area contributed by atoms with Crippen LogP contribution in [0.25, 0.3) is 10.9 Å². The van der Waals surface area contributed by atoms with Gasteiger partial charge in [0.1, 0.15) is 5.75 Å². The number of hydrogen-bond acceptors (Lipinski definition) is 4. The smallest absolute Gasteiger partial charge is 0.416 e. The Morgan fingerprint density at radius 1 is 0.884 bits per heavy atom. The highest BCUT2D eigenvalue weighted by Crippen LogP contribution is 2.38. The number of fused-ring (bicyclic) bond motifs is 1. The van der Waals surface area contributed by atoms with Gasteiger partial charge in [0, 0.05) is 49.4 Å². The first-order chi connectivity index (χ1) is 20.7. The molecule has 1 saturated carbocycles. The Labute approximate surface area is 252 Å². The molecule has 2 heterocycles. The number of alkyl halides is 7. The van der Waals surface area contributed by atoms with Gasteiger partial charge < -0.3 is 9.64 Å². The summed E-state index contributed by atoms with van der Waals surface area (Å²) < 4.78 is 106. The first kappa shape index (κ1) is 38.2. The molecule has 1 aliphatic carbocycles. The van der Waals surface area contributed by atoms with E-state index in [1.807, 2.05) is 27.7 Å². The molecule has 0 amide bonds. The summed E-state index contributed by atoms with van der Waals surface area (Å²) in [5.74, 6) is 0.579. The number of piperazine rings is 1. The van der Waals surface area contributed by atoms with Crippen LogP contribution in [-0.2, 0) is 17.2 Å². The molecule has 2 fully saturated rings. The molecule has 5 nitrogen and oxygen atoms in total. The number of halogens is 7. The number of methoxy groups -OCH3 is 1. The van der Waals surface area contributed by atoms with Crippen molar-refractivity contribution in [1.82, 2.24) is 8.87 Å². The fourth-order valence-electron chi connectivity index (χ4n) is 4.62. The number of rotatable bonds is 6. The van der Waals surface area contributed by atoms with E-state index >= 15 is 0 Å². The average Bonchev–Trinajstić information content (AvgIpc) is 3.83. The van der Waals surface area contributed by atoms with Gasteiger partial charge in [-0.2, -0.15) is 13.2 Å². The monoisotopic (exact) mass is 641 g/mol. The zero-order valence-electron chi connectivity index (χ0n) is 25.7. The van der Waals surface area contributed by atoms with Crippen molar-refractivity contribution in [3.63, 3.8) is 0 Å². The lowest BCUT2D eigenvalue weighted by atomic mass is 10.1. The minimum atomic E-state index is -4.66. The summed E-state index contributed by atoms with van der Waals surface area (Å²) in [6, 6.07) is 8.05. The number of nitrogens with zero attached hydrogens (tertiary/aromatic N) is 3. The Kier molecular flexibility index (Phi) is 16.1. The van der Waals surface area contributed by atoms with Crippen LogP contribution >= 0.6 is 0 Å². The van der Waals surface area contributed by atoms with Crippen molar-refractivity contribution in [3.8, 4) is 5.75 Å². The second-order valence-corrected chi connectivity index (χ2v) is 10.1. The van der Waals surface area contributed by atoms with E-state index in [9.17, 15) is 34.9 Å². The molecule has 1 unspecified atom stereocenters. The van der Waals surface area contributed by atoms with E-state index < -0.39 is 34.7 Å². The molecule has 1 aliphatic heterocycles. The third kappa shape index (κ3) is 9.34. The van der Waals surface area contributed by atoms with Gasteiger partial charge in [-0.1, -0.05) is 33.8 Å². The summed E-state index contributed by atoms with van der Waals surface area (Å²) in [7, 11) is 0.473. The quantitative estimate of drug-likeness (QED) is 0.253. The summed E-state index contributed by atoms with van der Waals surface area (Å²) in [4.78, 5) is 4.85. The van der Waals surface area contributed by atoms with Gasteiger partial charge in [-0.25, -0.2) is 13.0 Å². The van der Waals surface area contributed by atoms with Crippen LogP contribution in [0, 0.1) is 0 Å². The first-order valence-electron chi connectivity index (χ1n) is 14.0. The molecule has 0 radical (unpaired) electrons. The molecule has 3 aromatic rings. The third-order valence-electron chi connectivity index (χ3n) is 6.61. The lowest BCUT2D eigenvalue weighted by molar-refractivity contribution is -0.137. The molecule has 1 atom stereocenters. The zero-order chi connectivity index (χ0) is 32.9. The largest absolute Gasteiger partial charge is 0.495 e. The molecule has 244 valence electrons. The highest BCUT2D eigenvalue weighted by Gasteiger charge is 2.33. The van der Waals surface area contributed by atoms with Crippen LogP contribution in [0.2, 0.25) is 0 Å². The van der Waals surface area contributed by atoms with Gasteiger partial charge in [0.25, 0.3) is 6.43 Å². The van der Waals surface area contributed by atoms with Crippen molar-refractivity contribution in [2.45, 2.75) is 64.1 Å². The minimum Gasteiger partial charge on any atom is -0.495 e. The minimum absolute atomic E-state index is 0.0636. The highest BCUT2D eigenvalue weighted by molar-refractivity contribution is 7.83. The van der Waals surface area contributed by atoms with Crippen molar-refractivity contribution in [1.29, 1.82) is 0 Å². The topological polar surface area (TPSA) is 37.7 Å². The normalized spacial score (nSPS) is 15.6. The molecule has 2 aliphatic rings. The number of anilines is 1. The van der Waals surface area contributed by atoms with E-state index in [0.29, 0.717) is 26.1 Å². The number of aromatic nitrogens is 1. The van der Waals surface area contributed by atoms with Crippen LogP contribution in [0.5, 0.6) is 5.75 Å². The number of hydrogen-bond donors (Lipinski definition) is 0. The molecule has 5 rings (SSSR count). The van der Waals surface area contributed by atoms with E-state index in [-0.39, 0.29) is 15.8 Å². The summed E-state index contributed by atoms with van der Waals surface area (Å²) >= 11 is 0. The maximum atomic E-state index is 13.6. The fraction of sp³-hybridized carbons (Fsp3) is 0.533. The van der Waals surface area contributed by atoms with Crippen molar-refractivity contribution >= 4 is 27.6 Å². The van der Waals surface area contributed by atoms with Crippen LogP contribution in [-0.4, -0.2) is 66.8 Å². The maximum absolute atomic E-state index is 13.6. The molecule has 1 aromatic heterocycles. The Morgan fingerprint density at radius 3 is 1.95 bits per heavy atom. The molecule has 43 heavy (non-hydrogen) atoms. The Hall–Kier alpha value is -2.80. The standard InChI is InChI=1S/C24H24F5N3O2S.2C2H6.2CH3F/c1-34-22-7-5-17(13-21(22)31-10-8-30(9-11-31)16-3-4-16)35(33)32-14-19(23(25)26)18-6-2-15(12-20(18)32)24(27,28)29;4*1-2/h2,5-7,12-14,16,23H,3-4,8-11H2,1H3;2*1-2H3;2*1H3. The van der Waals surface area contributed by atoms with E-state index in [4.69, 9.17) is 4.74 Å². The van der Waals surface area contributed by atoms with Gasteiger partial charge in [0.15, 0.2) is 11.0 Å². The van der Waals surface area contributed by atoms with Gasteiger partial charge in [0.2, 0.25) is 0 Å². The van der Waals surface area contributed by atoms with E-state index in [1.165, 1.54) is 20.0 Å². The molecule has 0 spiro atoms. The van der Waals surface area contributed by atoms with Crippen molar-refractivity contribution in [2.24, 2.45) is 0 Å². The number of ether oxygens (including phenoxy) is 1. The lowest BCUT2D eigenvalue weighted by Gasteiger charge is -2.36. The summed E-state index contributed by atoms with van der Waals surface area (Å²) in [5.41, 5.74) is -0.905. The van der Waals surface area contributed by atoms with Crippen molar-refractivity contribution in [3.05, 3.63) is 53.7 Å². The SMILES string of the molecule is CC.CC.CF.CF.COc1ccc(S(=O)n2cc(C(F)F)c3ccc(C(F)(F)F)cc32)cc1N1CCN(C2CC2)CC1.